The number of fused-ring (bicyclic) bond motifs is 6. The quantitative estimate of drug-likeness (QED) is 0.138. The Bertz CT molecular complexity index is 2160. The Morgan fingerprint density at radius 2 is 0.812 bits per heavy atom. The van der Waals surface area contributed by atoms with Gasteiger partial charge in [-0.1, -0.05) is 48.5 Å². The first-order chi connectivity index (χ1) is 22.8. The van der Waals surface area contributed by atoms with E-state index in [1.807, 2.05) is 12.1 Å². The predicted octanol–water partition coefficient (Wildman–Crippen LogP) is 10.5. The van der Waals surface area contributed by atoms with Crippen LogP contribution in [0.5, 0.6) is 0 Å². The fraction of sp³-hybridized carbons (Fsp3) is 0.105. The summed E-state index contributed by atoms with van der Waals surface area (Å²) in [6.45, 7) is 3.31. The maximum Gasteiger partial charge on any atom is 0.416 e. The van der Waals surface area contributed by atoms with Gasteiger partial charge in [-0.25, -0.2) is 9.97 Å². The summed E-state index contributed by atoms with van der Waals surface area (Å²) in [5, 5.41) is 19.9. The largest absolute Gasteiger partial charge is 0.416 e. The Hall–Kier alpha value is -6.00. The highest BCUT2D eigenvalue weighted by molar-refractivity contribution is 6.06. The number of halogens is 6. The molecule has 0 aliphatic heterocycles. The van der Waals surface area contributed by atoms with E-state index < -0.39 is 23.5 Å². The van der Waals surface area contributed by atoms with Gasteiger partial charge in [0.25, 0.3) is 0 Å². The van der Waals surface area contributed by atoms with Crippen LogP contribution in [0.25, 0.3) is 55.9 Å². The van der Waals surface area contributed by atoms with E-state index in [0.29, 0.717) is 89.6 Å². The summed E-state index contributed by atoms with van der Waals surface area (Å²) in [5.41, 5.74) is 7.30. The molecule has 1 aromatic heterocycles. The molecule has 0 radical (unpaired) electrons. The molecule has 10 heteroatoms. The van der Waals surface area contributed by atoms with Crippen molar-refractivity contribution in [1.82, 2.24) is 9.97 Å². The van der Waals surface area contributed by atoms with Gasteiger partial charge in [-0.3, -0.25) is 0 Å². The van der Waals surface area contributed by atoms with Gasteiger partial charge in [0.15, 0.2) is 0 Å². The Balaban J connectivity index is 1.37. The third-order valence-electron chi connectivity index (χ3n) is 8.63. The van der Waals surface area contributed by atoms with Gasteiger partial charge < -0.3 is 0 Å². The molecule has 2 aliphatic carbocycles. The molecule has 0 N–H and O–H groups in total. The molecule has 0 unspecified atom stereocenters. The molecular formula is C38H20F6N4. The van der Waals surface area contributed by atoms with Crippen LogP contribution in [0.3, 0.4) is 0 Å². The molecule has 7 rings (SSSR count). The van der Waals surface area contributed by atoms with Crippen molar-refractivity contribution < 1.29 is 26.3 Å². The van der Waals surface area contributed by atoms with Gasteiger partial charge >= 0.3 is 12.4 Å². The van der Waals surface area contributed by atoms with Crippen LogP contribution in [0.15, 0.2) is 96.1 Å². The Kier molecular flexibility index (Phi) is 6.88. The molecule has 0 amide bonds. The molecule has 0 saturated carbocycles. The van der Waals surface area contributed by atoms with Crippen molar-refractivity contribution in [2.24, 2.45) is 0 Å². The van der Waals surface area contributed by atoms with Gasteiger partial charge in [-0.2, -0.15) is 36.9 Å². The van der Waals surface area contributed by atoms with E-state index in [2.05, 4.69) is 12.1 Å². The minimum absolute atomic E-state index is 0.369. The Morgan fingerprint density at radius 1 is 0.479 bits per heavy atom. The molecule has 0 atom stereocenters. The smallest absolute Gasteiger partial charge is 0.243 e. The van der Waals surface area contributed by atoms with E-state index in [9.17, 15) is 36.9 Å². The van der Waals surface area contributed by atoms with E-state index in [1.54, 1.807) is 38.1 Å². The molecule has 0 spiro atoms. The summed E-state index contributed by atoms with van der Waals surface area (Å²) in [5.74, 6) is 0. The fourth-order valence-corrected chi connectivity index (χ4v) is 6.26. The Labute approximate surface area is 270 Å². The standard InChI is InChI=1S/C38H20F6N4/c1-19(17-45)31-29-15-23(21-3-9-25(10-4-21)37(39,40)41)7-13-27(29)33-35(31)47-34-28-14-8-24(22-5-11-26(12-6-22)38(42,43)44)16-30(28)32(20(2)18-46)36(34)48-33/h3-16H,1-2H3/b31-19-,32-20+. The number of nitrogens with zero attached hydrogens (tertiary/aromatic N) is 4. The summed E-state index contributed by atoms with van der Waals surface area (Å²) in [4.78, 5) is 10.0. The summed E-state index contributed by atoms with van der Waals surface area (Å²) < 4.78 is 79.0. The lowest BCUT2D eigenvalue weighted by atomic mass is 9.95. The average molecular weight is 647 g/mol. The number of rotatable bonds is 2. The van der Waals surface area contributed by atoms with Crippen LogP contribution in [-0.4, -0.2) is 9.97 Å². The van der Waals surface area contributed by atoms with Gasteiger partial charge in [0.2, 0.25) is 0 Å². The van der Waals surface area contributed by atoms with Crippen LogP contribution in [0, 0.1) is 22.7 Å². The zero-order valence-electron chi connectivity index (χ0n) is 25.1. The highest BCUT2D eigenvalue weighted by atomic mass is 19.4. The van der Waals surface area contributed by atoms with Gasteiger partial charge in [0.1, 0.15) is 0 Å². The minimum atomic E-state index is -4.46. The van der Waals surface area contributed by atoms with Crippen molar-refractivity contribution in [1.29, 1.82) is 10.5 Å². The van der Waals surface area contributed by atoms with E-state index in [0.717, 1.165) is 24.3 Å². The van der Waals surface area contributed by atoms with E-state index in [4.69, 9.17) is 9.97 Å². The second-order valence-electron chi connectivity index (χ2n) is 11.5. The third kappa shape index (κ3) is 4.85. The van der Waals surface area contributed by atoms with Gasteiger partial charge in [0, 0.05) is 33.4 Å². The molecule has 5 aromatic rings. The zero-order valence-corrected chi connectivity index (χ0v) is 25.1. The highest BCUT2D eigenvalue weighted by Crippen LogP contribution is 2.51. The maximum absolute atomic E-state index is 13.2. The molecule has 1 heterocycles. The van der Waals surface area contributed by atoms with Crippen molar-refractivity contribution in [3.63, 3.8) is 0 Å². The van der Waals surface area contributed by atoms with Gasteiger partial charge in [0.05, 0.1) is 46.0 Å². The number of alkyl halides is 6. The number of hydrogen-bond donors (Lipinski definition) is 0. The molecule has 0 bridgehead atoms. The number of benzene rings is 4. The minimum Gasteiger partial charge on any atom is -0.243 e. The fourth-order valence-electron chi connectivity index (χ4n) is 6.26. The summed E-state index contributed by atoms with van der Waals surface area (Å²) in [7, 11) is 0. The highest BCUT2D eigenvalue weighted by Gasteiger charge is 2.36. The van der Waals surface area contributed by atoms with Crippen LogP contribution in [0.2, 0.25) is 0 Å². The second-order valence-corrected chi connectivity index (χ2v) is 11.5. The number of hydrogen-bond acceptors (Lipinski definition) is 4. The number of aromatic nitrogens is 2. The van der Waals surface area contributed by atoms with Crippen molar-refractivity contribution in [3.8, 4) is 56.9 Å². The zero-order chi connectivity index (χ0) is 34.1. The van der Waals surface area contributed by atoms with Crippen LogP contribution in [-0.2, 0) is 12.4 Å². The SMILES string of the molecule is C/C(C#N)=C1\c2cc(-c3ccc(C(F)(F)F)cc3)ccc2-c2nc3c(nc21)-c1ccc(-c2ccc(C(F)(F)F)cc2)cc1/C3=C(/C)C#N. The first-order valence-corrected chi connectivity index (χ1v) is 14.6. The third-order valence-corrected chi connectivity index (χ3v) is 8.63. The molecule has 234 valence electrons. The maximum atomic E-state index is 13.2. The summed E-state index contributed by atoms with van der Waals surface area (Å²) >= 11 is 0. The molecule has 4 aromatic carbocycles. The van der Waals surface area contributed by atoms with E-state index >= 15 is 0 Å². The molecule has 0 fully saturated rings. The predicted molar refractivity (Wildman–Crippen MR) is 168 cm³/mol. The van der Waals surface area contributed by atoms with Gasteiger partial charge in [-0.15, -0.1) is 0 Å². The average Bonchev–Trinajstić information content (AvgIpc) is 3.56. The van der Waals surface area contributed by atoms with Crippen LogP contribution >= 0.6 is 0 Å². The van der Waals surface area contributed by atoms with Crippen molar-refractivity contribution in [3.05, 3.63) is 130 Å². The second kappa shape index (κ2) is 10.8. The lowest BCUT2D eigenvalue weighted by Gasteiger charge is -2.10. The molecule has 48 heavy (non-hydrogen) atoms. The number of allylic oxidation sites excluding steroid dienone is 2. The Morgan fingerprint density at radius 3 is 1.12 bits per heavy atom. The normalized spacial score (nSPS) is 15.1. The monoisotopic (exact) mass is 646 g/mol. The molecular weight excluding hydrogens is 626 g/mol. The molecule has 4 nitrogen and oxygen atoms in total. The van der Waals surface area contributed by atoms with Crippen LogP contribution in [0.1, 0.15) is 47.5 Å². The van der Waals surface area contributed by atoms with Crippen molar-refractivity contribution in [2.45, 2.75) is 26.2 Å². The van der Waals surface area contributed by atoms with Crippen molar-refractivity contribution in [2.75, 3.05) is 0 Å². The first kappa shape index (κ1) is 30.6. The topological polar surface area (TPSA) is 73.4 Å². The first-order valence-electron chi connectivity index (χ1n) is 14.6. The lowest BCUT2D eigenvalue weighted by molar-refractivity contribution is -0.138. The summed E-state index contributed by atoms with van der Waals surface area (Å²) in [6, 6.07) is 24.8. The summed E-state index contributed by atoms with van der Waals surface area (Å²) in [6.07, 6.45) is -8.93. The van der Waals surface area contributed by atoms with Crippen LogP contribution < -0.4 is 0 Å². The van der Waals surface area contributed by atoms with E-state index in [-0.39, 0.29) is 0 Å². The van der Waals surface area contributed by atoms with Crippen molar-refractivity contribution >= 4 is 11.1 Å². The van der Waals surface area contributed by atoms with Gasteiger partial charge in [-0.05, 0) is 83.6 Å². The molecule has 0 saturated heterocycles. The number of nitriles is 2. The van der Waals surface area contributed by atoms with E-state index in [1.165, 1.54) is 24.3 Å². The van der Waals surface area contributed by atoms with Crippen LogP contribution in [0.4, 0.5) is 26.3 Å². The lowest BCUT2D eigenvalue weighted by Crippen LogP contribution is -2.03. The molecule has 2 aliphatic rings.